The summed E-state index contributed by atoms with van der Waals surface area (Å²) < 4.78 is 42.7. The molecule has 2 N–H and O–H groups in total. The predicted molar refractivity (Wildman–Crippen MR) is 97.1 cm³/mol. The lowest BCUT2D eigenvalue weighted by atomic mass is 10.2. The van der Waals surface area contributed by atoms with Gasteiger partial charge in [0, 0.05) is 31.0 Å². The zero-order valence-electron chi connectivity index (χ0n) is 14.3. The summed E-state index contributed by atoms with van der Waals surface area (Å²) in [6.07, 6.45) is -0.372. The smallest absolute Gasteiger partial charge is 0.385 e. The molecule has 28 heavy (non-hydrogen) atoms. The van der Waals surface area contributed by atoms with Crippen LogP contribution in [0.3, 0.4) is 0 Å². The summed E-state index contributed by atoms with van der Waals surface area (Å²) in [6.45, 7) is 0. The molecule has 144 valence electrons. The van der Waals surface area contributed by atoms with Gasteiger partial charge in [0.25, 0.3) is 5.95 Å². The number of fused-ring (bicyclic) bond motifs is 1. The molecule has 0 saturated heterocycles. The molecule has 1 aliphatic heterocycles. The number of carbonyl (C=O) groups is 1. The maximum atomic E-state index is 12.8. The number of nitrogens with one attached hydrogen (secondary N) is 2. The van der Waals surface area contributed by atoms with E-state index in [4.69, 9.17) is 0 Å². The first-order chi connectivity index (χ1) is 13.4. The molecule has 12 heteroatoms. The van der Waals surface area contributed by atoms with Crippen molar-refractivity contribution in [1.82, 2.24) is 19.3 Å². The van der Waals surface area contributed by atoms with Crippen LogP contribution in [0, 0.1) is 0 Å². The van der Waals surface area contributed by atoms with Gasteiger partial charge in [-0.1, -0.05) is 0 Å². The number of aromatic nitrogens is 4. The minimum atomic E-state index is -4.50. The second-order valence-electron chi connectivity index (χ2n) is 5.80. The van der Waals surface area contributed by atoms with Gasteiger partial charge in [0.15, 0.2) is 5.82 Å². The van der Waals surface area contributed by atoms with Gasteiger partial charge in [-0.15, -0.1) is 0 Å². The van der Waals surface area contributed by atoms with Gasteiger partial charge in [-0.2, -0.15) is 22.5 Å². The van der Waals surface area contributed by atoms with Crippen LogP contribution in [0.1, 0.15) is 11.1 Å². The van der Waals surface area contributed by atoms with E-state index in [1.165, 1.54) is 11.9 Å². The zero-order chi connectivity index (χ0) is 19.9. The number of alkyl halides is 3. The Hall–Kier alpha value is -3.28. The van der Waals surface area contributed by atoms with Crippen molar-refractivity contribution >= 4 is 45.7 Å². The molecular weight excluding hydrogens is 395 g/mol. The van der Waals surface area contributed by atoms with Gasteiger partial charge in [-0.25, -0.2) is 9.88 Å². The monoisotopic (exact) mass is 407 g/mol. The Morgan fingerprint density at radius 1 is 1.29 bits per heavy atom. The molecule has 0 radical (unpaired) electrons. The van der Waals surface area contributed by atoms with Crippen molar-refractivity contribution in [2.75, 3.05) is 22.6 Å². The van der Waals surface area contributed by atoms with E-state index in [1.54, 1.807) is 18.5 Å². The standard InChI is InChI=1S/C16H12F3N7OS/c1-20-10-5-9(16(17,18)19)6-22-13(10)23-15-24-14(25-28-15)26-11-7-21-3-2-8(11)4-12(26)27/h2-3,5-7,20H,4H2,1H3,(H,22,23,24,25). The fourth-order valence-corrected chi connectivity index (χ4v) is 3.29. The number of amides is 1. The lowest BCUT2D eigenvalue weighted by molar-refractivity contribution is -0.137. The van der Waals surface area contributed by atoms with Crippen LogP contribution in [0.4, 0.5) is 41.4 Å². The number of nitrogens with zero attached hydrogens (tertiary/aromatic N) is 5. The average Bonchev–Trinajstić information content (AvgIpc) is 3.23. The van der Waals surface area contributed by atoms with Gasteiger partial charge in [0.1, 0.15) is 0 Å². The van der Waals surface area contributed by atoms with Crippen molar-refractivity contribution in [2.45, 2.75) is 12.6 Å². The van der Waals surface area contributed by atoms with Crippen LogP contribution in [0.25, 0.3) is 0 Å². The fraction of sp³-hybridized carbons (Fsp3) is 0.188. The van der Waals surface area contributed by atoms with Gasteiger partial charge in [-0.3, -0.25) is 9.78 Å². The zero-order valence-corrected chi connectivity index (χ0v) is 15.1. The highest BCUT2D eigenvalue weighted by Crippen LogP contribution is 2.36. The fourth-order valence-electron chi connectivity index (χ4n) is 2.73. The molecule has 0 saturated carbocycles. The molecule has 3 aromatic rings. The first kappa shape index (κ1) is 18.1. The number of carbonyl (C=O) groups excluding carboxylic acids is 1. The van der Waals surface area contributed by atoms with Crippen LogP contribution in [0.5, 0.6) is 0 Å². The molecule has 0 atom stereocenters. The molecule has 4 rings (SSSR count). The van der Waals surface area contributed by atoms with Crippen LogP contribution >= 0.6 is 11.5 Å². The van der Waals surface area contributed by atoms with Crippen molar-refractivity contribution in [3.05, 3.63) is 41.9 Å². The Labute approximate surface area is 160 Å². The molecule has 3 aromatic heterocycles. The SMILES string of the molecule is CNc1cc(C(F)(F)F)cnc1Nc1nc(N2C(=O)Cc3ccncc32)ns1. The van der Waals surface area contributed by atoms with E-state index in [-0.39, 0.29) is 34.9 Å². The summed E-state index contributed by atoms with van der Waals surface area (Å²) in [5, 5.41) is 5.79. The van der Waals surface area contributed by atoms with Crippen molar-refractivity contribution < 1.29 is 18.0 Å². The second-order valence-corrected chi connectivity index (χ2v) is 6.55. The molecule has 0 bridgehead atoms. The Morgan fingerprint density at radius 2 is 2.11 bits per heavy atom. The third-order valence-corrected chi connectivity index (χ3v) is 4.67. The number of halogens is 3. The molecule has 4 heterocycles. The van der Waals surface area contributed by atoms with E-state index in [0.29, 0.717) is 5.69 Å². The third-order valence-electron chi connectivity index (χ3n) is 4.04. The highest BCUT2D eigenvalue weighted by molar-refractivity contribution is 7.10. The van der Waals surface area contributed by atoms with Crippen LogP contribution in [-0.4, -0.2) is 32.3 Å². The van der Waals surface area contributed by atoms with E-state index in [9.17, 15) is 18.0 Å². The molecule has 0 fully saturated rings. The second kappa shape index (κ2) is 6.71. The highest BCUT2D eigenvalue weighted by Gasteiger charge is 2.33. The average molecular weight is 407 g/mol. The highest BCUT2D eigenvalue weighted by atomic mass is 32.1. The summed E-state index contributed by atoms with van der Waals surface area (Å²) in [7, 11) is 1.49. The van der Waals surface area contributed by atoms with Gasteiger partial charge >= 0.3 is 6.18 Å². The van der Waals surface area contributed by atoms with Gasteiger partial charge in [-0.05, 0) is 17.7 Å². The summed E-state index contributed by atoms with van der Waals surface area (Å²) >= 11 is 0.960. The van der Waals surface area contributed by atoms with Crippen molar-refractivity contribution in [1.29, 1.82) is 0 Å². The van der Waals surface area contributed by atoms with E-state index in [1.807, 2.05) is 0 Å². The molecule has 0 spiro atoms. The summed E-state index contributed by atoms with van der Waals surface area (Å²) in [4.78, 5) is 25.8. The Balaban J connectivity index is 1.60. The first-order valence-corrected chi connectivity index (χ1v) is 8.75. The largest absolute Gasteiger partial charge is 0.417 e. The minimum absolute atomic E-state index is 0.151. The van der Waals surface area contributed by atoms with Crippen LogP contribution in [0.15, 0.2) is 30.7 Å². The van der Waals surface area contributed by atoms with Crippen molar-refractivity contribution in [3.63, 3.8) is 0 Å². The number of anilines is 5. The predicted octanol–water partition coefficient (Wildman–Crippen LogP) is 3.35. The molecule has 0 aliphatic carbocycles. The molecule has 1 aliphatic rings. The Kier molecular flexibility index (Phi) is 4.34. The van der Waals surface area contributed by atoms with Crippen LogP contribution in [-0.2, 0) is 17.4 Å². The Bertz CT molecular complexity index is 1050. The van der Waals surface area contributed by atoms with Crippen LogP contribution < -0.4 is 15.5 Å². The topological polar surface area (TPSA) is 95.9 Å². The molecule has 1 amide bonds. The lowest BCUT2D eigenvalue weighted by Gasteiger charge is -2.13. The molecule has 0 aromatic carbocycles. The maximum Gasteiger partial charge on any atom is 0.417 e. The van der Waals surface area contributed by atoms with Crippen molar-refractivity contribution in [2.24, 2.45) is 0 Å². The Morgan fingerprint density at radius 3 is 2.86 bits per heavy atom. The minimum Gasteiger partial charge on any atom is -0.385 e. The molecule has 8 nitrogen and oxygen atoms in total. The molecule has 0 unspecified atom stereocenters. The lowest BCUT2D eigenvalue weighted by Crippen LogP contribution is -2.22. The van der Waals surface area contributed by atoms with E-state index in [2.05, 4.69) is 30.0 Å². The number of hydrogen-bond donors (Lipinski definition) is 2. The summed E-state index contributed by atoms with van der Waals surface area (Å²) in [5.41, 5.74) is 0.720. The maximum absolute atomic E-state index is 12.8. The van der Waals surface area contributed by atoms with Gasteiger partial charge < -0.3 is 10.6 Å². The van der Waals surface area contributed by atoms with E-state index < -0.39 is 11.7 Å². The third kappa shape index (κ3) is 3.22. The quantitative estimate of drug-likeness (QED) is 0.685. The number of rotatable bonds is 4. The number of pyridine rings is 2. The van der Waals surface area contributed by atoms with E-state index >= 15 is 0 Å². The first-order valence-electron chi connectivity index (χ1n) is 7.98. The summed E-state index contributed by atoms with van der Waals surface area (Å²) in [5.74, 6) is 0.145. The number of hydrogen-bond acceptors (Lipinski definition) is 8. The van der Waals surface area contributed by atoms with Crippen LogP contribution in [0.2, 0.25) is 0 Å². The summed E-state index contributed by atoms with van der Waals surface area (Å²) in [6, 6.07) is 2.70. The van der Waals surface area contributed by atoms with Crippen molar-refractivity contribution in [3.8, 4) is 0 Å². The molecular formula is C16H12F3N7OS. The van der Waals surface area contributed by atoms with E-state index in [0.717, 1.165) is 29.4 Å². The normalized spacial score (nSPS) is 13.6. The van der Waals surface area contributed by atoms with Gasteiger partial charge in [0.05, 0.1) is 29.6 Å². The van der Waals surface area contributed by atoms with Gasteiger partial charge in [0.2, 0.25) is 11.0 Å².